The van der Waals surface area contributed by atoms with E-state index in [1.54, 1.807) is 7.11 Å². The van der Waals surface area contributed by atoms with Gasteiger partial charge in [0.1, 0.15) is 0 Å². The van der Waals surface area contributed by atoms with Crippen LogP contribution in [0.1, 0.15) is 25.8 Å². The van der Waals surface area contributed by atoms with Gasteiger partial charge in [-0.25, -0.2) is 0 Å². The van der Waals surface area contributed by atoms with Crippen LogP contribution < -0.4 is 14.8 Å². The first-order valence-electron chi connectivity index (χ1n) is 6.73. The molecule has 0 saturated carbocycles. The number of fused-ring (bicyclic) bond motifs is 1. The average molecular weight is 265 g/mol. The molecule has 0 spiro atoms. The molecule has 19 heavy (non-hydrogen) atoms. The molecule has 1 aliphatic rings. The van der Waals surface area contributed by atoms with Gasteiger partial charge in [-0.1, -0.05) is 19.9 Å². The van der Waals surface area contributed by atoms with Crippen LogP contribution in [0.2, 0.25) is 0 Å². The predicted molar refractivity (Wildman–Crippen MR) is 75.0 cm³/mol. The van der Waals surface area contributed by atoms with Crippen molar-refractivity contribution in [2.24, 2.45) is 0 Å². The van der Waals surface area contributed by atoms with Gasteiger partial charge in [0.2, 0.25) is 0 Å². The Morgan fingerprint density at radius 1 is 1.21 bits per heavy atom. The van der Waals surface area contributed by atoms with E-state index < -0.39 is 0 Å². The van der Waals surface area contributed by atoms with Crippen LogP contribution in [0.3, 0.4) is 0 Å². The minimum absolute atomic E-state index is 0.0171. The largest absolute Gasteiger partial charge is 0.490 e. The van der Waals surface area contributed by atoms with E-state index in [2.05, 4.69) is 31.3 Å². The monoisotopic (exact) mass is 265 g/mol. The lowest BCUT2D eigenvalue weighted by Crippen LogP contribution is -2.33. The zero-order valence-electron chi connectivity index (χ0n) is 12.0. The maximum absolute atomic E-state index is 5.74. The molecule has 4 heteroatoms. The van der Waals surface area contributed by atoms with E-state index >= 15 is 0 Å². The van der Waals surface area contributed by atoms with Crippen molar-refractivity contribution in [1.82, 2.24) is 5.32 Å². The maximum atomic E-state index is 5.74. The first-order chi connectivity index (χ1) is 9.13. The Kier molecular flexibility index (Phi) is 4.66. The highest BCUT2D eigenvalue weighted by Gasteiger charge is 2.22. The van der Waals surface area contributed by atoms with Gasteiger partial charge < -0.3 is 14.2 Å². The fraction of sp³-hybridized carbons (Fsp3) is 0.600. The van der Waals surface area contributed by atoms with Crippen LogP contribution in [0, 0.1) is 0 Å². The predicted octanol–water partition coefficient (Wildman–Crippen LogP) is 2.32. The SMILES string of the molecule is COCNCC(C)(C)c1ccc2c(c1)OCCCO2. The number of methoxy groups -OCH3 is 1. The second-order valence-electron chi connectivity index (χ2n) is 5.46. The summed E-state index contributed by atoms with van der Waals surface area (Å²) >= 11 is 0. The van der Waals surface area contributed by atoms with Gasteiger partial charge in [0.15, 0.2) is 11.5 Å². The van der Waals surface area contributed by atoms with Crippen LogP contribution in [0.25, 0.3) is 0 Å². The summed E-state index contributed by atoms with van der Waals surface area (Å²) in [6, 6.07) is 6.21. The van der Waals surface area contributed by atoms with E-state index in [9.17, 15) is 0 Å². The third kappa shape index (κ3) is 3.61. The molecule has 1 aromatic rings. The lowest BCUT2D eigenvalue weighted by atomic mass is 9.84. The Bertz CT molecular complexity index is 418. The molecule has 0 atom stereocenters. The van der Waals surface area contributed by atoms with Crippen molar-refractivity contribution < 1.29 is 14.2 Å². The van der Waals surface area contributed by atoms with Gasteiger partial charge in [0.05, 0.1) is 19.9 Å². The van der Waals surface area contributed by atoms with Crippen LogP contribution in [-0.4, -0.2) is 33.6 Å². The standard InChI is InChI=1S/C15H23NO3/c1-15(2,10-16-11-17-3)12-5-6-13-14(9-12)19-8-4-7-18-13/h5-6,9,16H,4,7-8,10-11H2,1-3H3. The molecule has 0 radical (unpaired) electrons. The molecule has 106 valence electrons. The summed E-state index contributed by atoms with van der Waals surface area (Å²) in [6.07, 6.45) is 0.933. The number of hydrogen-bond donors (Lipinski definition) is 1. The van der Waals surface area contributed by atoms with Crippen LogP contribution in [-0.2, 0) is 10.2 Å². The number of rotatable bonds is 5. The smallest absolute Gasteiger partial charge is 0.161 e. The van der Waals surface area contributed by atoms with Gasteiger partial charge in [-0.3, -0.25) is 5.32 Å². The van der Waals surface area contributed by atoms with E-state index in [4.69, 9.17) is 14.2 Å². The molecule has 0 fully saturated rings. The van der Waals surface area contributed by atoms with Crippen molar-refractivity contribution in [3.8, 4) is 11.5 Å². The molecule has 0 amide bonds. The molecular weight excluding hydrogens is 242 g/mol. The molecule has 1 N–H and O–H groups in total. The first kappa shape index (κ1) is 14.2. The van der Waals surface area contributed by atoms with Crippen molar-refractivity contribution in [2.45, 2.75) is 25.7 Å². The first-order valence-corrected chi connectivity index (χ1v) is 6.73. The van der Waals surface area contributed by atoms with Crippen molar-refractivity contribution in [1.29, 1.82) is 0 Å². The van der Waals surface area contributed by atoms with Crippen LogP contribution in [0.4, 0.5) is 0 Å². The molecule has 1 aliphatic heterocycles. The molecule has 1 aromatic carbocycles. The van der Waals surface area contributed by atoms with E-state index in [-0.39, 0.29) is 5.41 Å². The van der Waals surface area contributed by atoms with Gasteiger partial charge in [0, 0.05) is 25.5 Å². The summed E-state index contributed by atoms with van der Waals surface area (Å²) in [6.45, 7) is 7.27. The van der Waals surface area contributed by atoms with Crippen LogP contribution >= 0.6 is 0 Å². The lowest BCUT2D eigenvalue weighted by Gasteiger charge is -2.26. The highest BCUT2D eigenvalue weighted by atomic mass is 16.5. The maximum Gasteiger partial charge on any atom is 0.161 e. The van der Waals surface area contributed by atoms with Crippen molar-refractivity contribution >= 4 is 0 Å². The Hall–Kier alpha value is -1.26. The highest BCUT2D eigenvalue weighted by Crippen LogP contribution is 2.34. The third-order valence-electron chi connectivity index (χ3n) is 3.34. The molecule has 4 nitrogen and oxygen atoms in total. The van der Waals surface area contributed by atoms with E-state index in [1.165, 1.54) is 5.56 Å². The highest BCUT2D eigenvalue weighted by molar-refractivity contribution is 5.45. The van der Waals surface area contributed by atoms with Crippen LogP contribution in [0.5, 0.6) is 11.5 Å². The summed E-state index contributed by atoms with van der Waals surface area (Å²) in [5, 5.41) is 3.27. The van der Waals surface area contributed by atoms with Gasteiger partial charge in [-0.2, -0.15) is 0 Å². The summed E-state index contributed by atoms with van der Waals surface area (Å²) in [7, 11) is 1.69. The summed E-state index contributed by atoms with van der Waals surface area (Å²) in [5.74, 6) is 1.71. The van der Waals surface area contributed by atoms with Crippen molar-refractivity contribution in [3.05, 3.63) is 23.8 Å². The van der Waals surface area contributed by atoms with Crippen molar-refractivity contribution in [3.63, 3.8) is 0 Å². The van der Waals surface area contributed by atoms with Crippen molar-refractivity contribution in [2.75, 3.05) is 33.6 Å². The number of nitrogens with one attached hydrogen (secondary N) is 1. The van der Waals surface area contributed by atoms with Crippen LogP contribution in [0.15, 0.2) is 18.2 Å². The minimum Gasteiger partial charge on any atom is -0.490 e. The average Bonchev–Trinajstić information content (AvgIpc) is 2.63. The Morgan fingerprint density at radius 2 is 1.95 bits per heavy atom. The van der Waals surface area contributed by atoms with Gasteiger partial charge in [0.25, 0.3) is 0 Å². The second kappa shape index (κ2) is 6.26. The van der Waals surface area contributed by atoms with E-state index in [1.807, 2.05) is 6.07 Å². The summed E-state index contributed by atoms with van der Waals surface area (Å²) < 4.78 is 16.4. The van der Waals surface area contributed by atoms with Gasteiger partial charge in [-0.15, -0.1) is 0 Å². The lowest BCUT2D eigenvalue weighted by molar-refractivity contribution is 0.169. The topological polar surface area (TPSA) is 39.7 Å². The molecule has 2 rings (SSSR count). The number of hydrogen-bond acceptors (Lipinski definition) is 4. The minimum atomic E-state index is 0.0171. The normalized spacial score (nSPS) is 15.1. The van der Waals surface area contributed by atoms with Gasteiger partial charge >= 0.3 is 0 Å². The van der Waals surface area contributed by atoms with E-state index in [0.29, 0.717) is 6.73 Å². The second-order valence-corrected chi connectivity index (χ2v) is 5.46. The number of benzene rings is 1. The fourth-order valence-electron chi connectivity index (χ4n) is 2.15. The third-order valence-corrected chi connectivity index (χ3v) is 3.34. The Balaban J connectivity index is 2.13. The Labute approximate surface area is 115 Å². The molecule has 0 bridgehead atoms. The summed E-state index contributed by atoms with van der Waals surface area (Å²) in [5.41, 5.74) is 1.25. The molecular formula is C15H23NO3. The molecule has 1 heterocycles. The molecule has 0 saturated heterocycles. The quantitative estimate of drug-likeness (QED) is 0.655. The van der Waals surface area contributed by atoms with Gasteiger partial charge in [-0.05, 0) is 17.7 Å². The fourth-order valence-corrected chi connectivity index (χ4v) is 2.15. The molecule has 0 unspecified atom stereocenters. The molecule has 0 aliphatic carbocycles. The molecule has 0 aromatic heterocycles. The van der Waals surface area contributed by atoms with E-state index in [0.717, 1.165) is 37.7 Å². The zero-order chi connectivity index (χ0) is 13.7. The Morgan fingerprint density at radius 3 is 2.68 bits per heavy atom. The number of ether oxygens (including phenoxy) is 3. The zero-order valence-corrected chi connectivity index (χ0v) is 12.0. The summed E-state index contributed by atoms with van der Waals surface area (Å²) in [4.78, 5) is 0.